The maximum absolute atomic E-state index is 5.45. The van der Waals surface area contributed by atoms with E-state index in [2.05, 4.69) is 19.2 Å². The van der Waals surface area contributed by atoms with Gasteiger partial charge in [-0.05, 0) is 38.4 Å². The lowest BCUT2D eigenvalue weighted by Gasteiger charge is -2.10. The van der Waals surface area contributed by atoms with E-state index in [4.69, 9.17) is 5.73 Å². The van der Waals surface area contributed by atoms with Gasteiger partial charge in [-0.3, -0.25) is 0 Å². The van der Waals surface area contributed by atoms with E-state index >= 15 is 0 Å². The van der Waals surface area contributed by atoms with Gasteiger partial charge in [-0.2, -0.15) is 0 Å². The quantitative estimate of drug-likeness (QED) is 0.547. The topological polar surface area (TPSA) is 38.0 Å². The highest BCUT2D eigenvalue weighted by molar-refractivity contribution is 4.57. The lowest BCUT2D eigenvalue weighted by Crippen LogP contribution is -2.23. The Morgan fingerprint density at radius 3 is 2.67 bits per heavy atom. The Hall–Kier alpha value is -0.0800. The molecule has 0 bridgehead atoms. The van der Waals surface area contributed by atoms with Crippen molar-refractivity contribution in [1.29, 1.82) is 0 Å². The maximum Gasteiger partial charge on any atom is -0.00227 e. The monoisotopic (exact) mass is 172 g/mol. The van der Waals surface area contributed by atoms with Gasteiger partial charge in [0.15, 0.2) is 0 Å². The van der Waals surface area contributed by atoms with Crippen LogP contribution in [0.5, 0.6) is 0 Å². The smallest absolute Gasteiger partial charge is 0.00227 e. The van der Waals surface area contributed by atoms with E-state index in [-0.39, 0.29) is 0 Å². The second kappa shape index (κ2) is 9.01. The summed E-state index contributed by atoms with van der Waals surface area (Å²) in [6, 6.07) is 0. The Morgan fingerprint density at radius 1 is 1.33 bits per heavy atom. The largest absolute Gasteiger partial charge is 0.330 e. The summed E-state index contributed by atoms with van der Waals surface area (Å²) < 4.78 is 0. The van der Waals surface area contributed by atoms with Crippen LogP contribution in [-0.2, 0) is 0 Å². The van der Waals surface area contributed by atoms with Gasteiger partial charge in [-0.25, -0.2) is 0 Å². The number of hydrogen-bond donors (Lipinski definition) is 2. The summed E-state index contributed by atoms with van der Waals surface area (Å²) in [5, 5.41) is 3.45. The third kappa shape index (κ3) is 8.02. The van der Waals surface area contributed by atoms with E-state index < -0.39 is 0 Å². The third-order valence-electron chi connectivity index (χ3n) is 2.11. The first-order chi connectivity index (χ1) is 5.81. The predicted molar refractivity (Wildman–Crippen MR) is 55.2 cm³/mol. The van der Waals surface area contributed by atoms with Gasteiger partial charge < -0.3 is 11.1 Å². The van der Waals surface area contributed by atoms with E-state index in [9.17, 15) is 0 Å². The average Bonchev–Trinajstić information content (AvgIpc) is 2.05. The van der Waals surface area contributed by atoms with Crippen molar-refractivity contribution in [3.63, 3.8) is 0 Å². The molecular weight excluding hydrogens is 148 g/mol. The van der Waals surface area contributed by atoms with Crippen molar-refractivity contribution < 1.29 is 0 Å². The zero-order valence-electron chi connectivity index (χ0n) is 8.60. The van der Waals surface area contributed by atoms with E-state index in [1.807, 2.05) is 0 Å². The molecule has 0 radical (unpaired) electrons. The SMILES string of the molecule is CCCCCNCC(C)CCN. The molecule has 3 N–H and O–H groups in total. The van der Waals surface area contributed by atoms with Gasteiger partial charge in [0.2, 0.25) is 0 Å². The number of nitrogens with one attached hydrogen (secondary N) is 1. The van der Waals surface area contributed by atoms with Crippen LogP contribution in [0.4, 0.5) is 0 Å². The molecular formula is C10H24N2. The maximum atomic E-state index is 5.45. The molecule has 0 aromatic rings. The zero-order valence-corrected chi connectivity index (χ0v) is 8.60. The number of unbranched alkanes of at least 4 members (excludes halogenated alkanes) is 2. The van der Waals surface area contributed by atoms with Crippen molar-refractivity contribution in [2.24, 2.45) is 11.7 Å². The highest BCUT2D eigenvalue weighted by Gasteiger charge is 1.98. The van der Waals surface area contributed by atoms with Crippen LogP contribution >= 0.6 is 0 Å². The van der Waals surface area contributed by atoms with Gasteiger partial charge in [0.1, 0.15) is 0 Å². The highest BCUT2D eigenvalue weighted by atomic mass is 14.8. The summed E-state index contributed by atoms with van der Waals surface area (Å²) in [6.45, 7) is 7.60. The van der Waals surface area contributed by atoms with E-state index in [1.165, 1.54) is 25.8 Å². The van der Waals surface area contributed by atoms with Crippen molar-refractivity contribution >= 4 is 0 Å². The summed E-state index contributed by atoms with van der Waals surface area (Å²) >= 11 is 0. The van der Waals surface area contributed by atoms with E-state index in [0.29, 0.717) is 0 Å². The fraction of sp³-hybridized carbons (Fsp3) is 1.00. The first-order valence-electron chi connectivity index (χ1n) is 5.22. The molecule has 0 aromatic carbocycles. The molecule has 0 spiro atoms. The molecule has 1 atom stereocenters. The molecule has 12 heavy (non-hydrogen) atoms. The Balaban J connectivity index is 2.97. The number of nitrogens with two attached hydrogens (primary N) is 1. The van der Waals surface area contributed by atoms with E-state index in [0.717, 1.165) is 25.4 Å². The predicted octanol–water partition coefficient (Wildman–Crippen LogP) is 1.75. The Labute approximate surface area is 76.9 Å². The molecule has 0 aromatic heterocycles. The third-order valence-corrected chi connectivity index (χ3v) is 2.11. The number of hydrogen-bond acceptors (Lipinski definition) is 2. The molecule has 0 amide bonds. The lowest BCUT2D eigenvalue weighted by atomic mass is 10.1. The summed E-state index contributed by atoms with van der Waals surface area (Å²) in [5.41, 5.74) is 5.45. The van der Waals surface area contributed by atoms with Crippen molar-refractivity contribution in [3.8, 4) is 0 Å². The molecule has 2 nitrogen and oxygen atoms in total. The molecule has 2 heteroatoms. The van der Waals surface area contributed by atoms with Crippen LogP contribution in [0.15, 0.2) is 0 Å². The summed E-state index contributed by atoms with van der Waals surface area (Å²) in [7, 11) is 0. The normalized spacial score (nSPS) is 13.2. The van der Waals surface area contributed by atoms with Crippen LogP contribution in [0.25, 0.3) is 0 Å². The average molecular weight is 172 g/mol. The van der Waals surface area contributed by atoms with Crippen molar-refractivity contribution in [2.75, 3.05) is 19.6 Å². The van der Waals surface area contributed by atoms with Crippen LogP contribution in [0.2, 0.25) is 0 Å². The molecule has 0 fully saturated rings. The molecule has 0 aliphatic carbocycles. The molecule has 0 aliphatic rings. The minimum absolute atomic E-state index is 0.733. The van der Waals surface area contributed by atoms with Crippen LogP contribution in [0.1, 0.15) is 39.5 Å². The van der Waals surface area contributed by atoms with E-state index in [1.54, 1.807) is 0 Å². The minimum atomic E-state index is 0.733. The van der Waals surface area contributed by atoms with Gasteiger partial charge in [0, 0.05) is 0 Å². The lowest BCUT2D eigenvalue weighted by molar-refractivity contribution is 0.479. The summed E-state index contributed by atoms with van der Waals surface area (Å²) in [6.07, 6.45) is 5.10. The molecule has 1 unspecified atom stereocenters. The number of rotatable bonds is 8. The van der Waals surface area contributed by atoms with Gasteiger partial charge >= 0.3 is 0 Å². The molecule has 0 rings (SSSR count). The minimum Gasteiger partial charge on any atom is -0.330 e. The molecule has 0 heterocycles. The second-order valence-corrected chi connectivity index (χ2v) is 3.59. The second-order valence-electron chi connectivity index (χ2n) is 3.59. The van der Waals surface area contributed by atoms with Gasteiger partial charge in [-0.1, -0.05) is 26.7 Å². The Morgan fingerprint density at radius 2 is 2.08 bits per heavy atom. The molecule has 0 saturated heterocycles. The van der Waals surface area contributed by atoms with Gasteiger partial charge in [0.25, 0.3) is 0 Å². The fourth-order valence-corrected chi connectivity index (χ4v) is 1.24. The van der Waals surface area contributed by atoms with Crippen LogP contribution in [-0.4, -0.2) is 19.6 Å². The molecule has 0 saturated carbocycles. The van der Waals surface area contributed by atoms with Crippen molar-refractivity contribution in [1.82, 2.24) is 5.32 Å². The molecule has 0 aliphatic heterocycles. The molecule has 74 valence electrons. The standard InChI is InChI=1S/C10H24N2/c1-3-4-5-8-12-9-10(2)6-7-11/h10,12H,3-9,11H2,1-2H3. The van der Waals surface area contributed by atoms with Crippen LogP contribution < -0.4 is 11.1 Å². The fourth-order valence-electron chi connectivity index (χ4n) is 1.24. The first-order valence-corrected chi connectivity index (χ1v) is 5.22. The zero-order chi connectivity index (χ0) is 9.23. The summed E-state index contributed by atoms with van der Waals surface area (Å²) in [4.78, 5) is 0. The van der Waals surface area contributed by atoms with Gasteiger partial charge in [0.05, 0.1) is 0 Å². The van der Waals surface area contributed by atoms with Crippen LogP contribution in [0.3, 0.4) is 0 Å². The summed E-state index contributed by atoms with van der Waals surface area (Å²) in [5.74, 6) is 0.733. The van der Waals surface area contributed by atoms with Crippen molar-refractivity contribution in [2.45, 2.75) is 39.5 Å². The van der Waals surface area contributed by atoms with Crippen LogP contribution in [0, 0.1) is 5.92 Å². The highest BCUT2D eigenvalue weighted by Crippen LogP contribution is 1.97. The Kier molecular flexibility index (Phi) is 8.95. The first kappa shape index (κ1) is 11.9. The van der Waals surface area contributed by atoms with Gasteiger partial charge in [-0.15, -0.1) is 0 Å². The Bertz CT molecular complexity index is 83.9. The van der Waals surface area contributed by atoms with Crippen molar-refractivity contribution in [3.05, 3.63) is 0 Å².